The predicted molar refractivity (Wildman–Crippen MR) is 83.6 cm³/mol. The van der Waals surface area contributed by atoms with Gasteiger partial charge in [-0.15, -0.1) is 0 Å². The summed E-state index contributed by atoms with van der Waals surface area (Å²) in [4.78, 5) is 0.0476. The highest BCUT2D eigenvalue weighted by atomic mass is 35.5. The highest BCUT2D eigenvalue weighted by molar-refractivity contribution is 7.91. The molecule has 0 atom stereocenters. The fraction of sp³-hybridized carbons (Fsp3) is 0.500. The van der Waals surface area contributed by atoms with Crippen LogP contribution in [0.25, 0.3) is 0 Å². The molecule has 1 aromatic rings. The molecule has 0 aliphatic carbocycles. The van der Waals surface area contributed by atoms with Crippen molar-refractivity contribution < 1.29 is 16.8 Å². The van der Waals surface area contributed by atoms with Gasteiger partial charge in [-0.3, -0.25) is 0 Å². The summed E-state index contributed by atoms with van der Waals surface area (Å²) in [6, 6.07) is 2.97. The molecule has 0 radical (unpaired) electrons. The Bertz CT molecular complexity index is 730. The molecule has 0 aliphatic rings. The van der Waals surface area contributed by atoms with Gasteiger partial charge < -0.3 is 5.73 Å². The smallest absolute Gasteiger partial charge is 0.243 e. The van der Waals surface area contributed by atoms with Crippen LogP contribution >= 0.6 is 11.6 Å². The lowest BCUT2D eigenvalue weighted by molar-refractivity contribution is 0.484. The zero-order valence-corrected chi connectivity index (χ0v) is 14.5. The first kappa shape index (κ1) is 18.4. The van der Waals surface area contributed by atoms with Gasteiger partial charge in [0.05, 0.1) is 10.6 Å². The van der Waals surface area contributed by atoms with Crippen molar-refractivity contribution in [2.24, 2.45) is 5.73 Å². The molecule has 0 saturated heterocycles. The Morgan fingerprint density at radius 2 is 1.81 bits per heavy atom. The zero-order chi connectivity index (χ0) is 16.4. The number of hydrogen-bond acceptors (Lipinski definition) is 5. The van der Waals surface area contributed by atoms with E-state index in [1.807, 2.05) is 0 Å². The average Bonchev–Trinajstić information content (AvgIpc) is 2.36. The number of nitrogens with zero attached hydrogens (tertiary/aromatic N) is 1. The third-order valence-electron chi connectivity index (χ3n) is 3.12. The summed E-state index contributed by atoms with van der Waals surface area (Å²) in [5.41, 5.74) is 6.74. The van der Waals surface area contributed by atoms with Gasteiger partial charge in [-0.05, 0) is 30.2 Å². The minimum absolute atomic E-state index is 0.0476. The van der Waals surface area contributed by atoms with Gasteiger partial charge >= 0.3 is 0 Å². The molecule has 120 valence electrons. The number of hydrogen-bond donors (Lipinski definition) is 1. The van der Waals surface area contributed by atoms with E-state index in [9.17, 15) is 16.8 Å². The quantitative estimate of drug-likeness (QED) is 0.813. The summed E-state index contributed by atoms with van der Waals surface area (Å²) in [6.07, 6.45) is 1.06. The minimum Gasteiger partial charge on any atom is -0.326 e. The molecule has 0 aliphatic heterocycles. The van der Waals surface area contributed by atoms with Crippen LogP contribution in [0.2, 0.25) is 5.02 Å². The number of nitrogens with two attached hydrogens (primary N) is 1. The second-order valence-corrected chi connectivity index (χ2v) is 9.56. The average molecular weight is 355 g/mol. The molecule has 2 N–H and O–H groups in total. The van der Waals surface area contributed by atoms with E-state index in [1.54, 1.807) is 13.0 Å². The Morgan fingerprint density at radius 1 is 1.24 bits per heavy atom. The van der Waals surface area contributed by atoms with Crippen molar-refractivity contribution in [1.82, 2.24) is 4.31 Å². The van der Waals surface area contributed by atoms with Gasteiger partial charge in [0.1, 0.15) is 9.84 Å². The molecule has 0 unspecified atom stereocenters. The summed E-state index contributed by atoms with van der Waals surface area (Å²) >= 11 is 5.93. The van der Waals surface area contributed by atoms with E-state index in [4.69, 9.17) is 17.3 Å². The SMILES string of the molecule is Cc1c(CN)cc(Cl)cc1S(=O)(=O)N(C)CCS(C)(=O)=O. The van der Waals surface area contributed by atoms with Gasteiger partial charge in [0.25, 0.3) is 0 Å². The van der Waals surface area contributed by atoms with Crippen LogP contribution in [0.3, 0.4) is 0 Å². The molecule has 6 nitrogen and oxygen atoms in total. The Labute approximate surface area is 130 Å². The highest BCUT2D eigenvalue weighted by Gasteiger charge is 2.25. The standard InChI is InChI=1S/C12H19ClN2O4S2/c1-9-10(8-14)6-11(13)7-12(9)21(18,19)15(2)4-5-20(3,16)17/h6-7H,4-5,8,14H2,1-3H3. The first-order valence-corrected chi connectivity index (χ1v) is 10.00. The third kappa shape index (κ3) is 4.65. The Balaban J connectivity index is 3.22. The van der Waals surface area contributed by atoms with E-state index in [-0.39, 0.29) is 28.8 Å². The number of halogens is 1. The minimum atomic E-state index is -3.82. The van der Waals surface area contributed by atoms with E-state index < -0.39 is 19.9 Å². The van der Waals surface area contributed by atoms with E-state index in [0.717, 1.165) is 10.6 Å². The molecule has 21 heavy (non-hydrogen) atoms. The molecule has 9 heteroatoms. The zero-order valence-electron chi connectivity index (χ0n) is 12.1. The summed E-state index contributed by atoms with van der Waals surface area (Å²) in [5.74, 6) is -0.244. The summed E-state index contributed by atoms with van der Waals surface area (Å²) in [7, 11) is -5.73. The van der Waals surface area contributed by atoms with Crippen molar-refractivity contribution >= 4 is 31.5 Å². The second-order valence-electron chi connectivity index (χ2n) is 4.85. The number of sulfonamides is 1. The van der Waals surface area contributed by atoms with Crippen LogP contribution in [0.1, 0.15) is 11.1 Å². The molecule has 0 heterocycles. The van der Waals surface area contributed by atoms with Crippen molar-refractivity contribution in [3.63, 3.8) is 0 Å². The van der Waals surface area contributed by atoms with Crippen molar-refractivity contribution in [2.75, 3.05) is 25.6 Å². The maximum absolute atomic E-state index is 12.5. The molecule has 1 rings (SSSR count). The van der Waals surface area contributed by atoms with E-state index in [0.29, 0.717) is 11.1 Å². The van der Waals surface area contributed by atoms with Crippen molar-refractivity contribution in [3.05, 3.63) is 28.3 Å². The van der Waals surface area contributed by atoms with Crippen molar-refractivity contribution in [2.45, 2.75) is 18.4 Å². The summed E-state index contributed by atoms with van der Waals surface area (Å²) in [6.45, 7) is 1.70. The van der Waals surface area contributed by atoms with E-state index >= 15 is 0 Å². The first-order valence-electron chi connectivity index (χ1n) is 6.12. The van der Waals surface area contributed by atoms with Gasteiger partial charge in [-0.25, -0.2) is 16.8 Å². The molecule has 0 saturated carbocycles. The molecular formula is C12H19ClN2O4S2. The van der Waals surface area contributed by atoms with Crippen LogP contribution in [0.15, 0.2) is 17.0 Å². The fourth-order valence-corrected chi connectivity index (χ4v) is 4.26. The van der Waals surface area contributed by atoms with Crippen LogP contribution in [-0.4, -0.2) is 46.7 Å². The maximum atomic E-state index is 12.5. The fourth-order valence-electron chi connectivity index (χ4n) is 1.77. The van der Waals surface area contributed by atoms with Gasteiger partial charge in [0, 0.05) is 31.4 Å². The monoisotopic (exact) mass is 354 g/mol. The number of benzene rings is 1. The molecule has 0 amide bonds. The summed E-state index contributed by atoms with van der Waals surface area (Å²) in [5, 5.41) is 0.274. The van der Waals surface area contributed by atoms with Crippen molar-refractivity contribution in [1.29, 1.82) is 0 Å². The lowest BCUT2D eigenvalue weighted by atomic mass is 10.1. The van der Waals surface area contributed by atoms with Crippen LogP contribution < -0.4 is 5.73 Å². The number of sulfone groups is 1. The molecule has 0 bridgehead atoms. The van der Waals surface area contributed by atoms with Crippen LogP contribution in [0.5, 0.6) is 0 Å². The van der Waals surface area contributed by atoms with Crippen molar-refractivity contribution in [3.8, 4) is 0 Å². The first-order chi connectivity index (χ1) is 9.49. The predicted octanol–water partition coefficient (Wildman–Crippen LogP) is 0.772. The Morgan fingerprint density at radius 3 is 2.29 bits per heavy atom. The normalized spacial score (nSPS) is 12.9. The van der Waals surface area contributed by atoms with Crippen LogP contribution in [0.4, 0.5) is 0 Å². The molecule has 0 fully saturated rings. The van der Waals surface area contributed by atoms with Gasteiger partial charge in [0.2, 0.25) is 10.0 Å². The Kier molecular flexibility index (Phi) is 5.79. The third-order valence-corrected chi connectivity index (χ3v) is 6.24. The molecule has 0 aromatic heterocycles. The molecular weight excluding hydrogens is 336 g/mol. The maximum Gasteiger partial charge on any atom is 0.243 e. The highest BCUT2D eigenvalue weighted by Crippen LogP contribution is 2.26. The topological polar surface area (TPSA) is 97.5 Å². The lowest BCUT2D eigenvalue weighted by Crippen LogP contribution is -2.32. The molecule has 1 aromatic carbocycles. The Hall–Kier alpha value is -0.670. The van der Waals surface area contributed by atoms with Crippen LogP contribution in [0, 0.1) is 6.92 Å². The van der Waals surface area contributed by atoms with E-state index in [2.05, 4.69) is 0 Å². The lowest BCUT2D eigenvalue weighted by Gasteiger charge is -2.19. The molecule has 0 spiro atoms. The number of rotatable bonds is 6. The van der Waals surface area contributed by atoms with Gasteiger partial charge in [-0.2, -0.15) is 4.31 Å². The largest absolute Gasteiger partial charge is 0.326 e. The van der Waals surface area contributed by atoms with Crippen LogP contribution in [-0.2, 0) is 26.4 Å². The van der Waals surface area contributed by atoms with Gasteiger partial charge in [-0.1, -0.05) is 11.6 Å². The summed E-state index contributed by atoms with van der Waals surface area (Å²) < 4.78 is 48.4. The van der Waals surface area contributed by atoms with Gasteiger partial charge in [0.15, 0.2) is 0 Å². The van der Waals surface area contributed by atoms with E-state index in [1.165, 1.54) is 13.1 Å². The second kappa shape index (κ2) is 6.62.